The summed E-state index contributed by atoms with van der Waals surface area (Å²) in [7, 11) is 0. The Morgan fingerprint density at radius 3 is 3.05 bits per heavy atom. The molecule has 0 bridgehead atoms. The van der Waals surface area contributed by atoms with Crippen LogP contribution in [0.2, 0.25) is 0 Å². The summed E-state index contributed by atoms with van der Waals surface area (Å²) in [5.41, 5.74) is 1.98. The van der Waals surface area contributed by atoms with E-state index >= 15 is 0 Å². The van der Waals surface area contributed by atoms with Crippen molar-refractivity contribution < 1.29 is 14.6 Å². The topological polar surface area (TPSA) is 64.3 Å². The molecule has 0 aliphatic carbocycles. The van der Waals surface area contributed by atoms with Gasteiger partial charge in [0.1, 0.15) is 5.82 Å². The minimum atomic E-state index is -0.922. The number of nitrogens with zero attached hydrogens (tertiary/aromatic N) is 2. The van der Waals surface area contributed by atoms with Crippen LogP contribution in [0, 0.1) is 6.92 Å². The van der Waals surface area contributed by atoms with Gasteiger partial charge in [0.2, 0.25) is 0 Å². The van der Waals surface area contributed by atoms with E-state index in [1.807, 2.05) is 13.0 Å². The average molecular weight is 274 g/mol. The van der Waals surface area contributed by atoms with Gasteiger partial charge in [0.05, 0.1) is 29.2 Å². The van der Waals surface area contributed by atoms with Crippen LogP contribution in [0.4, 0.5) is 0 Å². The van der Waals surface area contributed by atoms with Gasteiger partial charge < -0.3 is 14.4 Å². The molecule has 2 heterocycles. The van der Waals surface area contributed by atoms with Crippen LogP contribution in [0.1, 0.15) is 35.4 Å². The first-order chi connectivity index (χ1) is 9.65. The molecule has 0 spiro atoms. The van der Waals surface area contributed by atoms with Crippen molar-refractivity contribution in [1.82, 2.24) is 9.55 Å². The van der Waals surface area contributed by atoms with Gasteiger partial charge in [-0.3, -0.25) is 0 Å². The predicted molar refractivity (Wildman–Crippen MR) is 75.0 cm³/mol. The molecule has 1 aliphatic rings. The van der Waals surface area contributed by atoms with Crippen LogP contribution in [0.3, 0.4) is 0 Å². The zero-order valence-electron chi connectivity index (χ0n) is 11.5. The Hall–Kier alpha value is -1.88. The van der Waals surface area contributed by atoms with Gasteiger partial charge in [-0.25, -0.2) is 9.78 Å². The number of hydrogen-bond acceptors (Lipinski definition) is 3. The molecule has 3 rings (SSSR count). The molecule has 20 heavy (non-hydrogen) atoms. The van der Waals surface area contributed by atoms with Crippen LogP contribution < -0.4 is 0 Å². The lowest BCUT2D eigenvalue weighted by Gasteiger charge is -2.23. The maximum Gasteiger partial charge on any atom is 0.335 e. The van der Waals surface area contributed by atoms with Crippen LogP contribution in [-0.4, -0.2) is 33.3 Å². The highest BCUT2D eigenvalue weighted by Crippen LogP contribution is 2.21. The fourth-order valence-electron chi connectivity index (χ4n) is 2.77. The normalized spacial score (nSPS) is 19.4. The summed E-state index contributed by atoms with van der Waals surface area (Å²) in [6, 6.07) is 5.09. The molecule has 0 radical (unpaired) electrons. The highest BCUT2D eigenvalue weighted by Gasteiger charge is 2.17. The smallest absolute Gasteiger partial charge is 0.335 e. The van der Waals surface area contributed by atoms with Crippen molar-refractivity contribution in [1.29, 1.82) is 0 Å². The number of aryl methyl sites for hydroxylation is 1. The van der Waals surface area contributed by atoms with Crippen molar-refractivity contribution in [2.45, 2.75) is 38.8 Å². The molecular formula is C15H18N2O3. The second-order valence-electron chi connectivity index (χ2n) is 5.27. The van der Waals surface area contributed by atoms with E-state index in [1.54, 1.807) is 12.1 Å². The van der Waals surface area contributed by atoms with Gasteiger partial charge in [-0.15, -0.1) is 0 Å². The van der Waals surface area contributed by atoms with E-state index in [9.17, 15) is 4.79 Å². The Balaban J connectivity index is 1.93. The highest BCUT2D eigenvalue weighted by molar-refractivity contribution is 5.92. The van der Waals surface area contributed by atoms with Crippen molar-refractivity contribution >= 4 is 17.0 Å². The predicted octanol–water partition coefficient (Wildman–Crippen LogP) is 2.61. The Kier molecular flexibility index (Phi) is 3.44. The summed E-state index contributed by atoms with van der Waals surface area (Å²) in [4.78, 5) is 15.5. The van der Waals surface area contributed by atoms with E-state index in [0.29, 0.717) is 0 Å². The first-order valence-corrected chi connectivity index (χ1v) is 6.97. The Labute approximate surface area is 117 Å². The number of carbonyl (C=O) groups is 1. The zero-order chi connectivity index (χ0) is 14.1. The Morgan fingerprint density at radius 2 is 2.35 bits per heavy atom. The fraction of sp³-hybridized carbons (Fsp3) is 0.467. The van der Waals surface area contributed by atoms with E-state index in [4.69, 9.17) is 9.84 Å². The number of fused-ring (bicyclic) bond motifs is 1. The van der Waals surface area contributed by atoms with Crippen molar-refractivity contribution in [3.63, 3.8) is 0 Å². The largest absolute Gasteiger partial charge is 0.478 e. The van der Waals surface area contributed by atoms with Crippen LogP contribution >= 0.6 is 0 Å². The summed E-state index contributed by atoms with van der Waals surface area (Å²) in [6.07, 6.45) is 3.66. The lowest BCUT2D eigenvalue weighted by atomic mass is 10.1. The summed E-state index contributed by atoms with van der Waals surface area (Å²) in [5.74, 6) is -0.0218. The number of aromatic carboxylic acids is 1. The van der Waals surface area contributed by atoms with Crippen LogP contribution in [0.15, 0.2) is 18.2 Å². The minimum Gasteiger partial charge on any atom is -0.478 e. The first kappa shape index (κ1) is 13.1. The molecule has 1 aromatic carbocycles. The molecule has 5 nitrogen and oxygen atoms in total. The SMILES string of the molecule is Cc1nc2cc(C(=O)O)ccc2n1CC1CCCCO1. The number of aromatic nitrogens is 2. The maximum absolute atomic E-state index is 11.0. The van der Waals surface area contributed by atoms with Crippen molar-refractivity contribution in [3.05, 3.63) is 29.6 Å². The maximum atomic E-state index is 11.0. The lowest BCUT2D eigenvalue weighted by Crippen LogP contribution is -2.24. The third kappa shape index (κ3) is 2.41. The second kappa shape index (κ2) is 5.25. The number of imidazole rings is 1. The summed E-state index contributed by atoms with van der Waals surface area (Å²) < 4.78 is 7.90. The monoisotopic (exact) mass is 274 g/mol. The van der Waals surface area contributed by atoms with E-state index in [1.165, 1.54) is 6.42 Å². The van der Waals surface area contributed by atoms with Gasteiger partial charge in [-0.1, -0.05) is 0 Å². The number of ether oxygens (including phenoxy) is 1. The molecule has 1 saturated heterocycles. The molecule has 106 valence electrons. The van der Waals surface area contributed by atoms with Crippen molar-refractivity contribution in [2.24, 2.45) is 0 Å². The van der Waals surface area contributed by atoms with Gasteiger partial charge in [-0.2, -0.15) is 0 Å². The van der Waals surface area contributed by atoms with Gasteiger partial charge in [0, 0.05) is 6.61 Å². The number of rotatable bonds is 3. The van der Waals surface area contributed by atoms with E-state index < -0.39 is 5.97 Å². The van der Waals surface area contributed by atoms with Crippen molar-refractivity contribution in [2.75, 3.05) is 6.61 Å². The quantitative estimate of drug-likeness (QED) is 0.934. The minimum absolute atomic E-state index is 0.235. The summed E-state index contributed by atoms with van der Waals surface area (Å²) >= 11 is 0. The van der Waals surface area contributed by atoms with Gasteiger partial charge >= 0.3 is 5.97 Å². The van der Waals surface area contributed by atoms with E-state index in [2.05, 4.69) is 9.55 Å². The Morgan fingerprint density at radius 1 is 1.50 bits per heavy atom. The van der Waals surface area contributed by atoms with Gasteiger partial charge in [0.25, 0.3) is 0 Å². The van der Waals surface area contributed by atoms with Crippen LogP contribution in [0.25, 0.3) is 11.0 Å². The number of benzene rings is 1. The summed E-state index contributed by atoms with van der Waals surface area (Å²) in [6.45, 7) is 3.57. The number of carboxylic acids is 1. The first-order valence-electron chi connectivity index (χ1n) is 6.97. The van der Waals surface area contributed by atoms with Gasteiger partial charge in [0.15, 0.2) is 0 Å². The van der Waals surface area contributed by atoms with Crippen LogP contribution in [-0.2, 0) is 11.3 Å². The molecule has 1 fully saturated rings. The molecular weight excluding hydrogens is 256 g/mol. The third-order valence-electron chi connectivity index (χ3n) is 3.85. The number of carboxylic acid groups (broad SMARTS) is 1. The summed E-state index contributed by atoms with van der Waals surface area (Å²) in [5, 5.41) is 9.03. The second-order valence-corrected chi connectivity index (χ2v) is 5.27. The van der Waals surface area contributed by atoms with E-state index in [-0.39, 0.29) is 11.7 Å². The fourth-order valence-corrected chi connectivity index (χ4v) is 2.77. The number of hydrogen-bond donors (Lipinski definition) is 1. The van der Waals surface area contributed by atoms with Gasteiger partial charge in [-0.05, 0) is 44.4 Å². The highest BCUT2D eigenvalue weighted by atomic mass is 16.5. The van der Waals surface area contributed by atoms with Crippen molar-refractivity contribution in [3.8, 4) is 0 Å². The molecule has 1 aromatic heterocycles. The molecule has 1 N–H and O–H groups in total. The molecule has 1 unspecified atom stereocenters. The third-order valence-corrected chi connectivity index (χ3v) is 3.85. The molecule has 1 atom stereocenters. The molecule has 2 aromatic rings. The molecule has 5 heteroatoms. The zero-order valence-corrected chi connectivity index (χ0v) is 11.5. The van der Waals surface area contributed by atoms with Crippen LogP contribution in [0.5, 0.6) is 0 Å². The molecule has 1 aliphatic heterocycles. The standard InChI is InChI=1S/C15H18N2O3/c1-10-16-13-8-11(15(18)19)5-6-14(13)17(10)9-12-4-2-3-7-20-12/h5-6,8,12H,2-4,7,9H2,1H3,(H,18,19). The van der Waals surface area contributed by atoms with E-state index in [0.717, 1.165) is 42.9 Å². The molecule has 0 saturated carbocycles. The lowest BCUT2D eigenvalue weighted by molar-refractivity contribution is 0.00630. The average Bonchev–Trinajstić information content (AvgIpc) is 2.75. The Bertz CT molecular complexity index is 642. The molecule has 0 amide bonds.